The molecule has 0 unspecified atom stereocenters. The quantitative estimate of drug-likeness (QED) is 0.180. The number of aryl methyl sites for hydroxylation is 1. The lowest BCUT2D eigenvalue weighted by atomic mass is 9.96. The molecule has 2 aliphatic heterocycles. The Morgan fingerprint density at radius 1 is 1.02 bits per heavy atom. The third kappa shape index (κ3) is 5.50. The van der Waals surface area contributed by atoms with E-state index in [1.807, 2.05) is 48.7 Å². The maximum absolute atomic E-state index is 12.3. The highest BCUT2D eigenvalue weighted by atomic mass is 35.5. The maximum atomic E-state index is 12.3. The summed E-state index contributed by atoms with van der Waals surface area (Å²) in [5, 5.41) is 4.91. The molecule has 0 radical (unpaired) electrons. The van der Waals surface area contributed by atoms with Crippen molar-refractivity contribution in [2.75, 3.05) is 30.0 Å². The summed E-state index contributed by atoms with van der Waals surface area (Å²) in [6, 6.07) is 21.6. The Labute approximate surface area is 263 Å². The minimum absolute atomic E-state index is 0.189. The number of anilines is 2. The van der Waals surface area contributed by atoms with Gasteiger partial charge in [-0.05, 0) is 105 Å². The molecular weight excluding hydrogens is 578 g/mol. The molecule has 2 saturated heterocycles. The van der Waals surface area contributed by atoms with Crippen molar-refractivity contribution in [2.45, 2.75) is 45.7 Å². The molecule has 9 heteroatoms. The number of nitrogens with zero attached hydrogens (tertiary/aromatic N) is 4. The number of hydrogen-bond acceptors (Lipinski definition) is 5. The molecule has 2 aliphatic rings. The predicted molar refractivity (Wildman–Crippen MR) is 177 cm³/mol. The minimum atomic E-state index is -0.365. The molecule has 43 heavy (non-hydrogen) atoms. The van der Waals surface area contributed by atoms with E-state index in [1.165, 1.54) is 20.0 Å². The first-order valence-corrected chi connectivity index (χ1v) is 15.5. The first-order chi connectivity index (χ1) is 20.8. The Hall–Kier alpha value is -3.88. The summed E-state index contributed by atoms with van der Waals surface area (Å²) in [5.41, 5.74) is 7.49. The second kappa shape index (κ2) is 12.0. The number of pyridine rings is 1. The van der Waals surface area contributed by atoms with Crippen molar-refractivity contribution in [2.24, 2.45) is 5.92 Å². The fraction of sp³-hybridized carbons (Fsp3) is 0.324. The first kappa shape index (κ1) is 29.2. The molecule has 1 N–H and O–H groups in total. The molecule has 4 heterocycles. The van der Waals surface area contributed by atoms with Crippen molar-refractivity contribution < 1.29 is 9.53 Å². The normalized spacial score (nSPS) is 19.0. The number of rotatable bonds is 6. The van der Waals surface area contributed by atoms with E-state index < -0.39 is 0 Å². The smallest absolute Gasteiger partial charge is 0.337 e. The highest BCUT2D eigenvalue weighted by Crippen LogP contribution is 2.45. The Morgan fingerprint density at radius 3 is 2.51 bits per heavy atom. The van der Waals surface area contributed by atoms with Crippen LogP contribution < -0.4 is 15.1 Å². The number of aromatic nitrogens is 2. The van der Waals surface area contributed by atoms with E-state index in [0.717, 1.165) is 63.7 Å². The summed E-state index contributed by atoms with van der Waals surface area (Å²) in [4.78, 5) is 21.6. The summed E-state index contributed by atoms with van der Waals surface area (Å²) in [6.07, 6.45) is 4.15. The van der Waals surface area contributed by atoms with Crippen LogP contribution in [0.5, 0.6) is 0 Å². The Bertz CT molecular complexity index is 1660. The Kier molecular flexibility index (Phi) is 8.16. The van der Waals surface area contributed by atoms with Gasteiger partial charge in [0.1, 0.15) is 0 Å². The van der Waals surface area contributed by atoms with Crippen LogP contribution in [0.15, 0.2) is 72.9 Å². The summed E-state index contributed by atoms with van der Waals surface area (Å²) in [7, 11) is 1.40. The largest absolute Gasteiger partial charge is 0.465 e. The van der Waals surface area contributed by atoms with Gasteiger partial charge in [0.2, 0.25) is 0 Å². The second-order valence-corrected chi connectivity index (χ2v) is 12.3. The van der Waals surface area contributed by atoms with E-state index in [9.17, 15) is 4.79 Å². The number of methoxy groups -OCH3 is 1. The van der Waals surface area contributed by atoms with E-state index in [0.29, 0.717) is 10.7 Å². The van der Waals surface area contributed by atoms with Crippen molar-refractivity contribution in [1.29, 1.82) is 0 Å². The van der Waals surface area contributed by atoms with Gasteiger partial charge < -0.3 is 24.4 Å². The van der Waals surface area contributed by atoms with Gasteiger partial charge in [0.25, 0.3) is 0 Å². The fourth-order valence-electron chi connectivity index (χ4n) is 6.47. The fourth-order valence-corrected chi connectivity index (χ4v) is 7.12. The van der Waals surface area contributed by atoms with Gasteiger partial charge in [-0.15, -0.1) is 0 Å². The van der Waals surface area contributed by atoms with Gasteiger partial charge in [-0.2, -0.15) is 0 Å². The lowest BCUT2D eigenvalue weighted by Crippen LogP contribution is -2.33. The van der Waals surface area contributed by atoms with Crippen LogP contribution in [0.4, 0.5) is 11.4 Å². The number of nitrogens with one attached hydrogen (secondary N) is 1. The van der Waals surface area contributed by atoms with Gasteiger partial charge in [-0.3, -0.25) is 4.98 Å². The van der Waals surface area contributed by atoms with Gasteiger partial charge in [0, 0.05) is 42.0 Å². The van der Waals surface area contributed by atoms with Crippen molar-refractivity contribution in [3.8, 4) is 5.69 Å². The van der Waals surface area contributed by atoms with E-state index in [1.54, 1.807) is 6.07 Å². The highest BCUT2D eigenvalue weighted by molar-refractivity contribution is 7.80. The molecule has 0 amide bonds. The molecule has 0 bridgehead atoms. The van der Waals surface area contributed by atoms with Crippen molar-refractivity contribution in [1.82, 2.24) is 14.9 Å². The minimum Gasteiger partial charge on any atom is -0.465 e. The number of hydrogen-bond donors (Lipinski definition) is 1. The van der Waals surface area contributed by atoms with Crippen LogP contribution in [0.1, 0.15) is 64.9 Å². The van der Waals surface area contributed by atoms with Crippen LogP contribution in [-0.2, 0) is 4.74 Å². The van der Waals surface area contributed by atoms with Gasteiger partial charge in [-0.25, -0.2) is 4.79 Å². The molecular formula is C34H36ClN5O2S. The summed E-state index contributed by atoms with van der Waals surface area (Å²) < 4.78 is 7.15. The number of halogens is 1. The van der Waals surface area contributed by atoms with E-state index in [4.69, 9.17) is 33.5 Å². The molecule has 2 aromatic carbocycles. The lowest BCUT2D eigenvalue weighted by Gasteiger charge is -2.33. The van der Waals surface area contributed by atoms with Crippen LogP contribution in [0.2, 0.25) is 5.02 Å². The molecule has 0 saturated carbocycles. The van der Waals surface area contributed by atoms with Gasteiger partial charge in [0.15, 0.2) is 5.11 Å². The average Bonchev–Trinajstić information content (AvgIpc) is 3.52. The zero-order valence-corrected chi connectivity index (χ0v) is 26.5. The van der Waals surface area contributed by atoms with E-state index in [2.05, 4.69) is 58.7 Å². The zero-order valence-electron chi connectivity index (χ0n) is 24.9. The third-order valence-corrected chi connectivity index (χ3v) is 9.36. The SMILES string of the molecule is COC(=O)c1cccc(-n2c(C)cc([C@@H]3[C@@H](c4ccccn4)NC(=S)N3c3ccc(N4CCC(C)CC4)c(Cl)c3)c2C)c1. The number of esters is 1. The second-order valence-electron chi connectivity index (χ2n) is 11.5. The van der Waals surface area contributed by atoms with Crippen LogP contribution in [0.25, 0.3) is 5.69 Å². The highest BCUT2D eigenvalue weighted by Gasteiger charge is 2.42. The lowest BCUT2D eigenvalue weighted by molar-refractivity contribution is 0.0600. The molecule has 6 rings (SSSR count). The number of piperidine rings is 1. The number of carbonyl (C=O) groups is 1. The summed E-state index contributed by atoms with van der Waals surface area (Å²) in [5.74, 6) is 0.379. The molecule has 2 aromatic heterocycles. The standard InChI is InChI=1S/C34H36ClN5O2S/c1-21-13-16-38(17-14-21)30-12-11-26(20-28(30)35)40-32(31(37-34(40)43)29-10-5-6-15-36-29)27-18-22(2)39(23(27)3)25-9-7-8-24(19-25)33(41)42-4/h5-12,15,18-21,31-32H,13-14,16-17H2,1-4H3,(H,37,43)/t31-,32-/m1/s1. The molecule has 7 nitrogen and oxygen atoms in total. The summed E-state index contributed by atoms with van der Waals surface area (Å²) in [6.45, 7) is 8.52. The van der Waals surface area contributed by atoms with Crippen molar-refractivity contribution in [3.63, 3.8) is 0 Å². The molecule has 0 spiro atoms. The monoisotopic (exact) mass is 613 g/mol. The topological polar surface area (TPSA) is 62.6 Å². The summed E-state index contributed by atoms with van der Waals surface area (Å²) >= 11 is 13.0. The third-order valence-electron chi connectivity index (χ3n) is 8.75. The molecule has 2 atom stereocenters. The van der Waals surface area contributed by atoms with Gasteiger partial charge in [0.05, 0.1) is 41.2 Å². The Morgan fingerprint density at radius 2 is 1.81 bits per heavy atom. The first-order valence-electron chi connectivity index (χ1n) is 14.7. The van der Waals surface area contributed by atoms with Crippen LogP contribution in [0, 0.1) is 19.8 Å². The number of carbonyl (C=O) groups excluding carboxylic acids is 1. The maximum Gasteiger partial charge on any atom is 0.337 e. The number of thiocarbonyl (C=S) groups is 1. The average molecular weight is 614 g/mol. The van der Waals surface area contributed by atoms with Gasteiger partial charge in [-0.1, -0.05) is 30.7 Å². The van der Waals surface area contributed by atoms with Crippen molar-refractivity contribution >= 4 is 46.3 Å². The molecule has 4 aromatic rings. The molecule has 2 fully saturated rings. The zero-order chi connectivity index (χ0) is 30.2. The predicted octanol–water partition coefficient (Wildman–Crippen LogP) is 7.34. The van der Waals surface area contributed by atoms with E-state index in [-0.39, 0.29) is 18.1 Å². The molecule has 222 valence electrons. The number of ether oxygens (including phenoxy) is 1. The Balaban J connectivity index is 1.43. The van der Waals surface area contributed by atoms with Gasteiger partial charge >= 0.3 is 5.97 Å². The van der Waals surface area contributed by atoms with Crippen LogP contribution >= 0.6 is 23.8 Å². The van der Waals surface area contributed by atoms with Crippen LogP contribution in [-0.4, -0.2) is 40.8 Å². The van der Waals surface area contributed by atoms with E-state index >= 15 is 0 Å². The van der Waals surface area contributed by atoms with Crippen LogP contribution in [0.3, 0.4) is 0 Å². The van der Waals surface area contributed by atoms with Crippen molar-refractivity contribution in [3.05, 3.63) is 106 Å². The number of benzene rings is 2. The molecule has 0 aliphatic carbocycles.